The van der Waals surface area contributed by atoms with Gasteiger partial charge in [0, 0.05) is 4.90 Å². The number of rotatable bonds is 3. The zero-order chi connectivity index (χ0) is 12.3. The molecule has 0 aliphatic carbocycles. The first kappa shape index (κ1) is 11.8. The van der Waals surface area contributed by atoms with Crippen molar-refractivity contribution < 1.29 is 8.60 Å². The Hall–Kier alpha value is -1.68. The molecule has 0 amide bonds. The van der Waals surface area contributed by atoms with Gasteiger partial charge in [-0.3, -0.25) is 4.21 Å². The van der Waals surface area contributed by atoms with Crippen molar-refractivity contribution in [3.8, 4) is 0 Å². The Bertz CT molecular complexity index is 542. The van der Waals surface area contributed by atoms with Crippen LogP contribution in [0.1, 0.15) is 5.56 Å². The van der Waals surface area contributed by atoms with Crippen molar-refractivity contribution in [2.75, 3.05) is 5.73 Å². The van der Waals surface area contributed by atoms with E-state index in [-0.39, 0.29) is 5.69 Å². The summed E-state index contributed by atoms with van der Waals surface area (Å²) in [5.41, 5.74) is 6.17. The molecule has 0 aliphatic rings. The molecule has 4 heteroatoms. The Morgan fingerprint density at radius 2 is 1.82 bits per heavy atom. The fraction of sp³-hybridized carbons (Fsp3) is 0.0769. The van der Waals surface area contributed by atoms with Crippen LogP contribution in [0.5, 0.6) is 0 Å². The molecule has 0 saturated carbocycles. The molecule has 0 heterocycles. The summed E-state index contributed by atoms with van der Waals surface area (Å²) in [5.74, 6) is -0.172. The van der Waals surface area contributed by atoms with E-state index in [1.807, 2.05) is 18.2 Å². The second-order valence-electron chi connectivity index (χ2n) is 3.66. The third-order valence-electron chi connectivity index (χ3n) is 2.37. The number of benzene rings is 2. The highest BCUT2D eigenvalue weighted by molar-refractivity contribution is 7.84. The van der Waals surface area contributed by atoms with Crippen molar-refractivity contribution in [2.45, 2.75) is 10.6 Å². The van der Waals surface area contributed by atoms with Gasteiger partial charge in [-0.25, -0.2) is 4.39 Å². The van der Waals surface area contributed by atoms with Gasteiger partial charge in [0.05, 0.1) is 22.2 Å². The van der Waals surface area contributed by atoms with Gasteiger partial charge < -0.3 is 5.73 Å². The van der Waals surface area contributed by atoms with E-state index in [0.29, 0.717) is 11.3 Å². The van der Waals surface area contributed by atoms with E-state index in [1.54, 1.807) is 18.2 Å². The van der Waals surface area contributed by atoms with Crippen molar-refractivity contribution in [3.05, 3.63) is 59.9 Å². The molecule has 0 bridgehead atoms. The molecule has 0 radical (unpaired) electrons. The molecule has 1 unspecified atom stereocenters. The van der Waals surface area contributed by atoms with Crippen LogP contribution >= 0.6 is 0 Å². The fourth-order valence-corrected chi connectivity index (χ4v) is 2.58. The lowest BCUT2D eigenvalue weighted by Gasteiger charge is -2.04. The number of nitrogen functional groups attached to an aromatic ring is 1. The van der Waals surface area contributed by atoms with Gasteiger partial charge in [-0.2, -0.15) is 0 Å². The summed E-state index contributed by atoms with van der Waals surface area (Å²) in [5, 5.41) is 0. The van der Waals surface area contributed by atoms with Crippen LogP contribution in [0, 0.1) is 5.82 Å². The SMILES string of the molecule is Nc1ccc(CS(=O)c2ccccc2)cc1F. The molecule has 88 valence electrons. The largest absolute Gasteiger partial charge is 0.396 e. The molecule has 2 N–H and O–H groups in total. The lowest BCUT2D eigenvalue weighted by molar-refractivity contribution is 0.631. The van der Waals surface area contributed by atoms with Crippen LogP contribution in [-0.4, -0.2) is 4.21 Å². The summed E-state index contributed by atoms with van der Waals surface area (Å²) in [6, 6.07) is 13.6. The minimum absolute atomic E-state index is 0.110. The van der Waals surface area contributed by atoms with Crippen molar-refractivity contribution in [1.29, 1.82) is 0 Å². The highest BCUT2D eigenvalue weighted by Gasteiger charge is 2.06. The minimum Gasteiger partial charge on any atom is -0.396 e. The van der Waals surface area contributed by atoms with Gasteiger partial charge >= 0.3 is 0 Å². The molecule has 2 aromatic carbocycles. The molecule has 0 saturated heterocycles. The summed E-state index contributed by atoms with van der Waals surface area (Å²) < 4.78 is 25.2. The van der Waals surface area contributed by atoms with E-state index in [1.165, 1.54) is 12.1 Å². The molecule has 0 aromatic heterocycles. The average Bonchev–Trinajstić information content (AvgIpc) is 2.35. The van der Waals surface area contributed by atoms with Gasteiger partial charge in [-0.1, -0.05) is 24.3 Å². The van der Waals surface area contributed by atoms with Gasteiger partial charge in [0.1, 0.15) is 5.82 Å². The van der Waals surface area contributed by atoms with Crippen molar-refractivity contribution in [2.24, 2.45) is 0 Å². The molecule has 0 fully saturated rings. The summed E-state index contributed by atoms with van der Waals surface area (Å²) in [6.45, 7) is 0. The van der Waals surface area contributed by atoms with E-state index >= 15 is 0 Å². The molecule has 0 spiro atoms. The van der Waals surface area contributed by atoms with Gasteiger partial charge in [0.2, 0.25) is 0 Å². The highest BCUT2D eigenvalue weighted by atomic mass is 32.2. The summed E-state index contributed by atoms with van der Waals surface area (Å²) in [7, 11) is -1.16. The Labute approximate surface area is 102 Å². The molecule has 2 aromatic rings. The quantitative estimate of drug-likeness (QED) is 0.850. The Morgan fingerprint density at radius 1 is 1.12 bits per heavy atom. The maximum atomic E-state index is 13.2. The molecular formula is C13H12FNOS. The van der Waals surface area contributed by atoms with Crippen molar-refractivity contribution >= 4 is 16.5 Å². The molecular weight excluding hydrogens is 237 g/mol. The zero-order valence-corrected chi connectivity index (χ0v) is 9.91. The third-order valence-corrected chi connectivity index (χ3v) is 3.76. The predicted molar refractivity (Wildman–Crippen MR) is 67.4 cm³/mol. The molecule has 2 rings (SSSR count). The van der Waals surface area contributed by atoms with E-state index in [9.17, 15) is 8.60 Å². The van der Waals surface area contributed by atoms with Crippen LogP contribution < -0.4 is 5.73 Å². The highest BCUT2D eigenvalue weighted by Crippen LogP contribution is 2.16. The zero-order valence-electron chi connectivity index (χ0n) is 9.10. The Balaban J connectivity index is 2.16. The number of hydrogen-bond donors (Lipinski definition) is 1. The van der Waals surface area contributed by atoms with Crippen molar-refractivity contribution in [3.63, 3.8) is 0 Å². The number of anilines is 1. The van der Waals surface area contributed by atoms with Crippen molar-refractivity contribution in [1.82, 2.24) is 0 Å². The van der Waals surface area contributed by atoms with Crippen LogP contribution in [0.25, 0.3) is 0 Å². The lowest BCUT2D eigenvalue weighted by atomic mass is 10.2. The lowest BCUT2D eigenvalue weighted by Crippen LogP contribution is -1.98. The second-order valence-corrected chi connectivity index (χ2v) is 5.11. The second kappa shape index (κ2) is 5.10. The summed E-state index contributed by atoms with van der Waals surface area (Å²) in [4.78, 5) is 0.740. The molecule has 1 atom stereocenters. The van der Waals surface area contributed by atoms with Gasteiger partial charge in [-0.05, 0) is 29.8 Å². The number of halogens is 1. The van der Waals surface area contributed by atoms with E-state index < -0.39 is 16.6 Å². The predicted octanol–water partition coefficient (Wildman–Crippen LogP) is 2.72. The normalized spacial score (nSPS) is 12.3. The number of nitrogens with two attached hydrogens (primary N) is 1. The Morgan fingerprint density at radius 3 is 2.47 bits per heavy atom. The first-order valence-electron chi connectivity index (χ1n) is 5.14. The van der Waals surface area contributed by atoms with Crippen LogP contribution in [0.15, 0.2) is 53.4 Å². The smallest absolute Gasteiger partial charge is 0.146 e. The van der Waals surface area contributed by atoms with Gasteiger partial charge in [0.15, 0.2) is 0 Å². The van der Waals surface area contributed by atoms with Gasteiger partial charge in [-0.15, -0.1) is 0 Å². The maximum absolute atomic E-state index is 13.2. The van der Waals surface area contributed by atoms with Gasteiger partial charge in [0.25, 0.3) is 0 Å². The van der Waals surface area contributed by atoms with E-state index in [4.69, 9.17) is 5.73 Å². The first-order chi connectivity index (χ1) is 8.16. The maximum Gasteiger partial charge on any atom is 0.146 e. The monoisotopic (exact) mass is 249 g/mol. The van der Waals surface area contributed by atoms with Crippen LogP contribution in [-0.2, 0) is 16.6 Å². The van der Waals surface area contributed by atoms with Crippen LogP contribution in [0.3, 0.4) is 0 Å². The topological polar surface area (TPSA) is 43.1 Å². The molecule has 2 nitrogen and oxygen atoms in total. The van der Waals surface area contributed by atoms with Crippen LogP contribution in [0.4, 0.5) is 10.1 Å². The summed E-state index contributed by atoms with van der Waals surface area (Å²) >= 11 is 0. The first-order valence-corrected chi connectivity index (χ1v) is 6.46. The fourth-order valence-electron chi connectivity index (χ4n) is 1.47. The average molecular weight is 249 g/mol. The number of hydrogen-bond acceptors (Lipinski definition) is 2. The minimum atomic E-state index is -1.16. The third kappa shape index (κ3) is 2.91. The molecule has 17 heavy (non-hydrogen) atoms. The Kier molecular flexibility index (Phi) is 3.54. The van der Waals surface area contributed by atoms with E-state index in [0.717, 1.165) is 4.90 Å². The summed E-state index contributed by atoms with van der Waals surface area (Å²) in [6.07, 6.45) is 0. The van der Waals surface area contributed by atoms with Crippen LogP contribution in [0.2, 0.25) is 0 Å². The standard InChI is InChI=1S/C13H12FNOS/c14-12-8-10(6-7-13(12)15)9-17(16)11-4-2-1-3-5-11/h1-8H,9,15H2. The molecule has 0 aliphatic heterocycles. The van der Waals surface area contributed by atoms with E-state index in [2.05, 4.69) is 0 Å².